The molecule has 0 unspecified atom stereocenters. The lowest BCUT2D eigenvalue weighted by molar-refractivity contribution is 0.783. The highest BCUT2D eigenvalue weighted by Gasteiger charge is 2.13. The Morgan fingerprint density at radius 3 is 2.58 bits per heavy atom. The minimum atomic E-state index is -0.175. The number of fused-ring (bicyclic) bond motifs is 2. The summed E-state index contributed by atoms with van der Waals surface area (Å²) in [5.41, 5.74) is 5.65. The van der Waals surface area contributed by atoms with Crippen molar-refractivity contribution in [2.75, 3.05) is 10.7 Å². The van der Waals surface area contributed by atoms with Crippen LogP contribution in [0, 0.1) is 0 Å². The van der Waals surface area contributed by atoms with Gasteiger partial charge < -0.3 is 10.3 Å². The number of imidazole rings is 1. The summed E-state index contributed by atoms with van der Waals surface area (Å²) in [6, 6.07) is 16.8. The van der Waals surface area contributed by atoms with E-state index in [0.717, 1.165) is 5.69 Å². The predicted octanol–water partition coefficient (Wildman–Crippen LogP) is 3.58. The van der Waals surface area contributed by atoms with Crippen molar-refractivity contribution < 1.29 is 0 Å². The fraction of sp³-hybridized carbons (Fsp3) is 0.136. The van der Waals surface area contributed by atoms with E-state index in [1.807, 2.05) is 62.4 Å². The zero-order valence-corrected chi connectivity index (χ0v) is 17.2. The fourth-order valence-electron chi connectivity index (χ4n) is 3.12. The van der Waals surface area contributed by atoms with Crippen LogP contribution in [0.25, 0.3) is 22.1 Å². The summed E-state index contributed by atoms with van der Waals surface area (Å²) in [4.78, 5) is 33.3. The van der Waals surface area contributed by atoms with Crippen LogP contribution in [0.2, 0.25) is 0 Å². The molecule has 9 heteroatoms. The summed E-state index contributed by atoms with van der Waals surface area (Å²) in [7, 11) is 0. The lowest BCUT2D eigenvalue weighted by atomic mass is 10.2. The van der Waals surface area contributed by atoms with E-state index in [9.17, 15) is 4.79 Å². The van der Waals surface area contributed by atoms with Gasteiger partial charge in [-0.1, -0.05) is 44.2 Å². The maximum absolute atomic E-state index is 13.1. The molecule has 2 aromatic carbocycles. The second-order valence-electron chi connectivity index (χ2n) is 6.34. The van der Waals surface area contributed by atoms with E-state index in [0.29, 0.717) is 33.7 Å². The molecule has 0 aliphatic carbocycles. The molecule has 5 rings (SSSR count). The predicted molar refractivity (Wildman–Crippen MR) is 122 cm³/mol. The molecule has 156 valence electrons. The van der Waals surface area contributed by atoms with Gasteiger partial charge in [-0.25, -0.2) is 24.6 Å². The monoisotopic (exact) mass is 414 g/mol. The highest BCUT2D eigenvalue weighted by Crippen LogP contribution is 2.16. The van der Waals surface area contributed by atoms with Crippen LogP contribution in [-0.4, -0.2) is 29.6 Å². The number of rotatable bonds is 5. The Balaban J connectivity index is 0.00000112. The van der Waals surface area contributed by atoms with Gasteiger partial charge in [-0.05, 0) is 24.3 Å². The maximum atomic E-state index is 13.1. The zero-order valence-electron chi connectivity index (χ0n) is 17.2. The maximum Gasteiger partial charge on any atom is 0.280 e. The van der Waals surface area contributed by atoms with E-state index in [2.05, 4.69) is 35.7 Å². The number of aromatic nitrogens is 6. The molecular formula is C22H22N8O. The van der Waals surface area contributed by atoms with Crippen LogP contribution >= 0.6 is 0 Å². The van der Waals surface area contributed by atoms with Gasteiger partial charge in [0.25, 0.3) is 5.56 Å². The number of hydrogen-bond donors (Lipinski definition) is 3. The van der Waals surface area contributed by atoms with Crippen molar-refractivity contribution in [3.63, 3.8) is 0 Å². The van der Waals surface area contributed by atoms with Crippen LogP contribution in [0.5, 0.6) is 0 Å². The van der Waals surface area contributed by atoms with E-state index in [1.54, 1.807) is 12.4 Å². The smallest absolute Gasteiger partial charge is 0.280 e. The van der Waals surface area contributed by atoms with Crippen LogP contribution in [0.3, 0.4) is 0 Å². The molecule has 0 spiro atoms. The Labute approximate surface area is 178 Å². The van der Waals surface area contributed by atoms with Crippen molar-refractivity contribution in [3.05, 3.63) is 83.4 Å². The van der Waals surface area contributed by atoms with Crippen LogP contribution in [-0.2, 0) is 6.54 Å². The fourth-order valence-corrected chi connectivity index (χ4v) is 3.12. The van der Waals surface area contributed by atoms with Gasteiger partial charge in [-0.2, -0.15) is 0 Å². The second-order valence-corrected chi connectivity index (χ2v) is 6.34. The number of anilines is 2. The molecule has 0 fully saturated rings. The number of para-hydroxylation sites is 2. The molecule has 9 nitrogen and oxygen atoms in total. The molecule has 5 aromatic rings. The molecule has 0 saturated heterocycles. The van der Waals surface area contributed by atoms with Gasteiger partial charge in [0.05, 0.1) is 29.5 Å². The lowest BCUT2D eigenvalue weighted by Gasteiger charge is -2.16. The Hall–Kier alpha value is -4.27. The average molecular weight is 414 g/mol. The SMILES string of the molecule is CC.O=c1c2ccccc2nc(CNc2ncnc3nc[nH]c23)n1Nc1ccccc1. The largest absolute Gasteiger partial charge is 0.361 e. The topological polar surface area (TPSA) is 113 Å². The van der Waals surface area contributed by atoms with Gasteiger partial charge >= 0.3 is 0 Å². The molecule has 0 aliphatic rings. The first-order valence-corrected chi connectivity index (χ1v) is 10.0. The number of benzene rings is 2. The van der Waals surface area contributed by atoms with E-state index >= 15 is 0 Å². The van der Waals surface area contributed by atoms with Crippen molar-refractivity contribution in [2.24, 2.45) is 0 Å². The summed E-state index contributed by atoms with van der Waals surface area (Å²) in [6.45, 7) is 4.27. The Kier molecular flexibility index (Phi) is 5.84. The number of aromatic amines is 1. The van der Waals surface area contributed by atoms with Crippen molar-refractivity contribution in [1.82, 2.24) is 29.6 Å². The number of hydrogen-bond acceptors (Lipinski definition) is 7. The molecule has 0 amide bonds. The normalized spacial score (nSPS) is 10.5. The van der Waals surface area contributed by atoms with Crippen LogP contribution in [0.15, 0.2) is 72.0 Å². The van der Waals surface area contributed by atoms with Gasteiger partial charge in [-0.15, -0.1) is 0 Å². The molecular weight excluding hydrogens is 392 g/mol. The highest BCUT2D eigenvalue weighted by atomic mass is 16.1. The summed E-state index contributed by atoms with van der Waals surface area (Å²) in [6.07, 6.45) is 3.00. The summed E-state index contributed by atoms with van der Waals surface area (Å²) in [5, 5.41) is 3.76. The molecule has 3 heterocycles. The van der Waals surface area contributed by atoms with Crippen LogP contribution < -0.4 is 16.3 Å². The number of nitrogens with zero attached hydrogens (tertiary/aromatic N) is 5. The third-order valence-electron chi connectivity index (χ3n) is 4.50. The molecule has 0 radical (unpaired) electrons. The first-order chi connectivity index (χ1) is 15.3. The quantitative estimate of drug-likeness (QED) is 0.403. The van der Waals surface area contributed by atoms with Crippen molar-refractivity contribution in [3.8, 4) is 0 Å². The summed E-state index contributed by atoms with van der Waals surface area (Å²) in [5.74, 6) is 1.10. The third kappa shape index (κ3) is 4.06. The zero-order chi connectivity index (χ0) is 21.6. The Morgan fingerprint density at radius 1 is 0.968 bits per heavy atom. The van der Waals surface area contributed by atoms with Crippen molar-refractivity contribution >= 4 is 33.6 Å². The minimum Gasteiger partial charge on any atom is -0.361 e. The third-order valence-corrected chi connectivity index (χ3v) is 4.50. The molecule has 3 N–H and O–H groups in total. The number of H-pyrrole nitrogens is 1. The summed E-state index contributed by atoms with van der Waals surface area (Å²) < 4.78 is 1.45. The van der Waals surface area contributed by atoms with Gasteiger partial charge in [0.1, 0.15) is 11.8 Å². The Bertz CT molecular complexity index is 1360. The number of nitrogens with one attached hydrogen (secondary N) is 3. The average Bonchev–Trinajstić information content (AvgIpc) is 3.31. The van der Waals surface area contributed by atoms with Crippen LogP contribution in [0.4, 0.5) is 11.5 Å². The van der Waals surface area contributed by atoms with Crippen molar-refractivity contribution in [1.29, 1.82) is 0 Å². The standard InChI is InChI=1S/C20H16N8O.C2H6/c29-20-14-8-4-5-9-15(14)26-16(28(20)27-13-6-2-1-3-7-13)10-21-18-17-19(23-11-22-17)25-12-24-18;1-2/h1-9,11-12,27H,10H2,(H2,21,22,23,24,25);1-2H3. The van der Waals surface area contributed by atoms with Gasteiger partial charge in [0, 0.05) is 0 Å². The molecule has 0 bridgehead atoms. The van der Waals surface area contributed by atoms with Crippen LogP contribution in [0.1, 0.15) is 19.7 Å². The summed E-state index contributed by atoms with van der Waals surface area (Å²) >= 11 is 0. The molecule has 3 aromatic heterocycles. The van der Waals surface area contributed by atoms with E-state index in [1.165, 1.54) is 11.0 Å². The minimum absolute atomic E-state index is 0.175. The molecule has 0 atom stereocenters. The first-order valence-electron chi connectivity index (χ1n) is 10.0. The van der Waals surface area contributed by atoms with Gasteiger partial charge in [0.2, 0.25) is 0 Å². The molecule has 0 saturated carbocycles. The van der Waals surface area contributed by atoms with Gasteiger partial charge in [-0.3, -0.25) is 10.2 Å². The highest BCUT2D eigenvalue weighted by molar-refractivity contribution is 5.82. The van der Waals surface area contributed by atoms with E-state index in [4.69, 9.17) is 0 Å². The van der Waals surface area contributed by atoms with E-state index in [-0.39, 0.29) is 12.1 Å². The Morgan fingerprint density at radius 2 is 1.74 bits per heavy atom. The molecule has 0 aliphatic heterocycles. The van der Waals surface area contributed by atoms with E-state index < -0.39 is 0 Å². The van der Waals surface area contributed by atoms with Crippen molar-refractivity contribution in [2.45, 2.75) is 20.4 Å². The molecule has 31 heavy (non-hydrogen) atoms. The second kappa shape index (κ2) is 9.04. The lowest BCUT2D eigenvalue weighted by Crippen LogP contribution is -2.32. The van der Waals surface area contributed by atoms with Gasteiger partial charge in [0.15, 0.2) is 17.3 Å². The first kappa shape index (κ1) is 20.0.